The lowest BCUT2D eigenvalue weighted by molar-refractivity contribution is -0.145. The first kappa shape index (κ1) is 50.8. The van der Waals surface area contributed by atoms with E-state index in [4.69, 9.17) is 28.4 Å². The Labute approximate surface area is 326 Å². The maximum absolute atomic E-state index is 12.1. The Hall–Kier alpha value is -3.25. The number of amides is 2. The van der Waals surface area contributed by atoms with Gasteiger partial charge in [0.25, 0.3) is 0 Å². The number of ether oxygens (including phenoxy) is 6. The zero-order chi connectivity index (χ0) is 41.1. The van der Waals surface area contributed by atoms with E-state index in [0.29, 0.717) is 65.2 Å². The molecule has 0 bridgehead atoms. The van der Waals surface area contributed by atoms with Crippen LogP contribution in [0.25, 0.3) is 0 Å². The minimum Gasteiger partial charge on any atom is -0.466 e. The van der Waals surface area contributed by atoms with Gasteiger partial charge in [0.1, 0.15) is 11.2 Å². The molecule has 0 unspecified atom stereocenters. The highest BCUT2D eigenvalue weighted by molar-refractivity contribution is 5.69. The number of carbonyl (C=O) groups is 5. The molecule has 0 aromatic heterocycles. The summed E-state index contributed by atoms with van der Waals surface area (Å²) in [6.07, 6.45) is 10.3. The maximum atomic E-state index is 12.1. The maximum Gasteiger partial charge on any atom is 0.508 e. The van der Waals surface area contributed by atoms with Gasteiger partial charge in [0, 0.05) is 25.9 Å². The second kappa shape index (κ2) is 27.3. The number of carbonyl (C=O) groups excluding carboxylic acids is 5. The molecule has 0 aliphatic heterocycles. The SMILES string of the molecule is CC(C)(CCCOC(=O)CCCCCNC(=O)OC(C)(C)C)CCCOC(=O)OCCCC(C)(C)CCCOC(=O)CCCCCNC(=O)OC(C)(C)C. The van der Waals surface area contributed by atoms with E-state index in [2.05, 4.69) is 38.3 Å². The van der Waals surface area contributed by atoms with Crippen molar-refractivity contribution in [1.29, 1.82) is 0 Å². The van der Waals surface area contributed by atoms with Gasteiger partial charge in [0.2, 0.25) is 0 Å². The summed E-state index contributed by atoms with van der Waals surface area (Å²) in [5, 5.41) is 5.43. The third-order valence-corrected chi connectivity index (χ3v) is 8.41. The Morgan fingerprint density at radius 3 is 1.04 bits per heavy atom. The van der Waals surface area contributed by atoms with Crippen LogP contribution in [0.3, 0.4) is 0 Å². The van der Waals surface area contributed by atoms with E-state index in [1.54, 1.807) is 0 Å². The highest BCUT2D eigenvalue weighted by Crippen LogP contribution is 2.29. The van der Waals surface area contributed by atoms with Gasteiger partial charge in [-0.1, -0.05) is 40.5 Å². The average molecular weight is 773 g/mol. The second-order valence-electron chi connectivity index (χ2n) is 17.6. The van der Waals surface area contributed by atoms with Crippen LogP contribution in [-0.4, -0.2) is 81.0 Å². The summed E-state index contributed by atoms with van der Waals surface area (Å²) < 4.78 is 31.7. The van der Waals surface area contributed by atoms with Crippen molar-refractivity contribution in [2.45, 2.75) is 183 Å². The molecule has 0 heterocycles. The number of alkyl carbamates (subject to hydrolysis) is 2. The molecule has 2 amide bonds. The summed E-state index contributed by atoms with van der Waals surface area (Å²) in [6.45, 7) is 21.9. The molecule has 13 nitrogen and oxygen atoms in total. The van der Waals surface area contributed by atoms with Gasteiger partial charge in [-0.2, -0.15) is 0 Å². The van der Waals surface area contributed by atoms with Crippen LogP contribution in [0.4, 0.5) is 14.4 Å². The van der Waals surface area contributed by atoms with E-state index in [1.807, 2.05) is 41.5 Å². The van der Waals surface area contributed by atoms with Gasteiger partial charge in [-0.3, -0.25) is 9.59 Å². The van der Waals surface area contributed by atoms with Crippen LogP contribution in [0.15, 0.2) is 0 Å². The fourth-order valence-electron chi connectivity index (χ4n) is 5.47. The Morgan fingerprint density at radius 2 is 0.722 bits per heavy atom. The van der Waals surface area contributed by atoms with Crippen molar-refractivity contribution in [2.24, 2.45) is 10.8 Å². The predicted octanol–water partition coefficient (Wildman–Crippen LogP) is 9.57. The second-order valence-corrected chi connectivity index (χ2v) is 17.6. The number of hydrogen-bond acceptors (Lipinski definition) is 11. The number of rotatable bonds is 28. The van der Waals surface area contributed by atoms with Crippen LogP contribution >= 0.6 is 0 Å². The number of esters is 2. The van der Waals surface area contributed by atoms with Crippen molar-refractivity contribution in [1.82, 2.24) is 10.6 Å². The lowest BCUT2D eigenvalue weighted by atomic mass is 9.83. The molecule has 0 aliphatic carbocycles. The largest absolute Gasteiger partial charge is 0.508 e. The first-order valence-electron chi connectivity index (χ1n) is 20.1. The minimum atomic E-state index is -0.650. The van der Waals surface area contributed by atoms with Crippen molar-refractivity contribution in [3.63, 3.8) is 0 Å². The lowest BCUT2D eigenvalue weighted by Gasteiger charge is -2.24. The quantitative estimate of drug-likeness (QED) is 0.0442. The van der Waals surface area contributed by atoms with E-state index >= 15 is 0 Å². The topological polar surface area (TPSA) is 165 Å². The van der Waals surface area contributed by atoms with Crippen LogP contribution in [0.2, 0.25) is 0 Å². The molecule has 0 aromatic carbocycles. The summed E-state index contributed by atoms with van der Waals surface area (Å²) >= 11 is 0. The zero-order valence-electron chi connectivity index (χ0n) is 35.5. The number of hydrogen-bond donors (Lipinski definition) is 2. The van der Waals surface area contributed by atoms with Crippen molar-refractivity contribution in [3.8, 4) is 0 Å². The molecule has 0 aliphatic rings. The lowest BCUT2D eigenvalue weighted by Crippen LogP contribution is -2.33. The molecule has 2 N–H and O–H groups in total. The van der Waals surface area contributed by atoms with Gasteiger partial charge in [-0.25, -0.2) is 14.4 Å². The fourth-order valence-corrected chi connectivity index (χ4v) is 5.47. The Balaban J connectivity index is 3.81. The molecule has 0 atom stereocenters. The average Bonchev–Trinajstić information content (AvgIpc) is 3.03. The fraction of sp³-hybridized carbons (Fsp3) is 0.878. The normalized spacial score (nSPS) is 12.0. The van der Waals surface area contributed by atoms with Crippen LogP contribution < -0.4 is 10.6 Å². The van der Waals surface area contributed by atoms with E-state index in [-0.39, 0.29) is 22.8 Å². The number of nitrogens with one attached hydrogen (secondary N) is 2. The van der Waals surface area contributed by atoms with Crippen molar-refractivity contribution >= 4 is 30.3 Å². The molecular formula is C41H76N2O11. The van der Waals surface area contributed by atoms with Crippen molar-refractivity contribution in [2.75, 3.05) is 39.5 Å². The van der Waals surface area contributed by atoms with Gasteiger partial charge >= 0.3 is 30.3 Å². The van der Waals surface area contributed by atoms with Crippen LogP contribution in [0.5, 0.6) is 0 Å². The summed E-state index contributed by atoms with van der Waals surface area (Å²) in [4.78, 5) is 59.4. The van der Waals surface area contributed by atoms with Gasteiger partial charge in [-0.05, 0) is 129 Å². The minimum absolute atomic E-state index is 0.0220. The first-order valence-corrected chi connectivity index (χ1v) is 20.1. The summed E-state index contributed by atoms with van der Waals surface area (Å²) in [5.74, 6) is -0.400. The Morgan fingerprint density at radius 1 is 0.407 bits per heavy atom. The monoisotopic (exact) mass is 773 g/mol. The standard InChI is InChI=1S/C41H76N2O11/c1-38(2,3)53-35(46)42-27-15-11-13-21-33(44)49-29-17-23-40(7,8)25-19-31-51-37(48)52-32-20-26-41(9,10)24-18-30-50-34(45)22-14-12-16-28-43-36(47)54-39(4,5)6/h11-32H2,1-10H3,(H,42,46)(H,43,47). The molecular weight excluding hydrogens is 696 g/mol. The molecule has 0 saturated heterocycles. The highest BCUT2D eigenvalue weighted by atomic mass is 16.7. The highest BCUT2D eigenvalue weighted by Gasteiger charge is 2.20. The third kappa shape index (κ3) is 34.5. The molecule has 0 rings (SSSR count). The molecule has 0 radical (unpaired) electrons. The molecule has 13 heteroatoms. The van der Waals surface area contributed by atoms with Crippen LogP contribution in [-0.2, 0) is 38.0 Å². The van der Waals surface area contributed by atoms with E-state index < -0.39 is 29.5 Å². The summed E-state index contributed by atoms with van der Waals surface area (Å²) in [5.41, 5.74) is -0.995. The van der Waals surface area contributed by atoms with Crippen molar-refractivity contribution in [3.05, 3.63) is 0 Å². The summed E-state index contributed by atoms with van der Waals surface area (Å²) in [7, 11) is 0. The molecule has 0 spiro atoms. The van der Waals surface area contributed by atoms with Gasteiger partial charge in [0.05, 0.1) is 26.4 Å². The molecule has 0 saturated carbocycles. The zero-order valence-corrected chi connectivity index (χ0v) is 35.5. The van der Waals surface area contributed by atoms with Gasteiger partial charge in [-0.15, -0.1) is 0 Å². The Bertz CT molecular complexity index is 996. The van der Waals surface area contributed by atoms with Gasteiger partial charge < -0.3 is 39.1 Å². The molecule has 0 aromatic rings. The first-order chi connectivity index (χ1) is 25.1. The van der Waals surface area contributed by atoms with E-state index in [1.165, 1.54) is 0 Å². The third-order valence-electron chi connectivity index (χ3n) is 8.41. The van der Waals surface area contributed by atoms with Crippen LogP contribution in [0, 0.1) is 10.8 Å². The molecule has 0 fully saturated rings. The Kier molecular flexibility index (Phi) is 25.7. The smallest absolute Gasteiger partial charge is 0.466 e. The van der Waals surface area contributed by atoms with Crippen LogP contribution in [0.1, 0.15) is 172 Å². The molecule has 54 heavy (non-hydrogen) atoms. The van der Waals surface area contributed by atoms with Gasteiger partial charge in [0.15, 0.2) is 0 Å². The summed E-state index contributed by atoms with van der Waals surface area (Å²) in [6, 6.07) is 0. The predicted molar refractivity (Wildman–Crippen MR) is 209 cm³/mol. The van der Waals surface area contributed by atoms with E-state index in [0.717, 1.165) is 77.0 Å². The molecule has 316 valence electrons. The number of unbranched alkanes of at least 4 members (excludes halogenated alkanes) is 4. The van der Waals surface area contributed by atoms with Crippen molar-refractivity contribution < 1.29 is 52.4 Å². The van der Waals surface area contributed by atoms with E-state index in [9.17, 15) is 24.0 Å².